The molecule has 2 N–H and O–H groups in total. The molecule has 0 unspecified atom stereocenters. The predicted molar refractivity (Wildman–Crippen MR) is 93.4 cm³/mol. The minimum Gasteiger partial charge on any atom is -0.357 e. The first-order valence-electron chi connectivity index (χ1n) is 8.28. The molecule has 0 radical (unpaired) electrons. The first-order valence-corrected chi connectivity index (χ1v) is 8.28. The molecular weight excluding hydrogens is 307 g/mol. The fourth-order valence-corrected chi connectivity index (χ4v) is 2.28. The highest BCUT2D eigenvalue weighted by atomic mass is 19.1. The van der Waals surface area contributed by atoms with Gasteiger partial charge in [-0.15, -0.1) is 10.2 Å². The molecule has 2 aromatic rings. The molecule has 0 aliphatic rings. The van der Waals surface area contributed by atoms with Crippen LogP contribution in [0, 0.1) is 12.7 Å². The Labute approximate surface area is 142 Å². The van der Waals surface area contributed by atoms with Crippen LogP contribution in [0.1, 0.15) is 30.8 Å². The van der Waals surface area contributed by atoms with Crippen LogP contribution in [0.3, 0.4) is 0 Å². The summed E-state index contributed by atoms with van der Waals surface area (Å²) in [5.41, 5.74) is 1.50. The topological polar surface area (TPSA) is 67.1 Å². The van der Waals surface area contributed by atoms with Crippen LogP contribution >= 0.6 is 0 Å². The highest BCUT2D eigenvalue weighted by Crippen LogP contribution is 2.09. The lowest BCUT2D eigenvalue weighted by Crippen LogP contribution is -2.38. The molecule has 1 heterocycles. The van der Waals surface area contributed by atoms with Crippen LogP contribution in [0.5, 0.6) is 0 Å². The average Bonchev–Trinajstić information content (AvgIpc) is 3.03. The van der Waals surface area contributed by atoms with Gasteiger partial charge in [0.25, 0.3) is 0 Å². The number of aromatic nitrogens is 3. The zero-order chi connectivity index (χ0) is 17.4. The number of benzene rings is 1. The summed E-state index contributed by atoms with van der Waals surface area (Å²) < 4.78 is 15.6. The Morgan fingerprint density at radius 2 is 2.12 bits per heavy atom. The van der Waals surface area contributed by atoms with Crippen LogP contribution in [-0.2, 0) is 19.5 Å². The van der Waals surface area contributed by atoms with Crippen molar-refractivity contribution in [3.8, 4) is 0 Å². The van der Waals surface area contributed by atoms with E-state index in [2.05, 4.69) is 32.7 Å². The predicted octanol–water partition coefficient (Wildman–Crippen LogP) is 2.04. The van der Waals surface area contributed by atoms with E-state index in [1.165, 1.54) is 6.07 Å². The summed E-state index contributed by atoms with van der Waals surface area (Å²) in [6.45, 7) is 8.49. The Morgan fingerprint density at radius 1 is 1.29 bits per heavy atom. The summed E-state index contributed by atoms with van der Waals surface area (Å²) in [4.78, 5) is 4.50. The van der Waals surface area contributed by atoms with Gasteiger partial charge in [-0.3, -0.25) is 0 Å². The largest absolute Gasteiger partial charge is 0.357 e. The Bertz CT molecular complexity index is 679. The van der Waals surface area contributed by atoms with Gasteiger partial charge < -0.3 is 15.2 Å². The molecule has 24 heavy (non-hydrogen) atoms. The third-order valence-corrected chi connectivity index (χ3v) is 3.66. The molecule has 0 bridgehead atoms. The maximum atomic E-state index is 13.6. The number of nitrogens with one attached hydrogen (secondary N) is 2. The van der Waals surface area contributed by atoms with E-state index in [0.717, 1.165) is 30.9 Å². The monoisotopic (exact) mass is 332 g/mol. The van der Waals surface area contributed by atoms with Crippen molar-refractivity contribution in [2.75, 3.05) is 13.1 Å². The van der Waals surface area contributed by atoms with E-state index < -0.39 is 0 Å². The zero-order valence-corrected chi connectivity index (χ0v) is 14.5. The van der Waals surface area contributed by atoms with Gasteiger partial charge in [-0.25, -0.2) is 9.38 Å². The van der Waals surface area contributed by atoms with Gasteiger partial charge in [0.1, 0.15) is 18.0 Å². The summed E-state index contributed by atoms with van der Waals surface area (Å²) in [5, 5.41) is 14.5. The van der Waals surface area contributed by atoms with Crippen LogP contribution in [0.2, 0.25) is 0 Å². The number of guanidine groups is 1. The first kappa shape index (κ1) is 17.9. The van der Waals surface area contributed by atoms with E-state index in [4.69, 9.17) is 0 Å². The van der Waals surface area contributed by atoms with Gasteiger partial charge in [-0.1, -0.05) is 19.1 Å². The number of aliphatic imine (C=N–C) groups is 1. The minimum absolute atomic E-state index is 0.194. The SMILES string of the molecule is CCNC(=NCc1ccc(C)c(F)c1)NCCn1cnnc1CC. The summed E-state index contributed by atoms with van der Waals surface area (Å²) in [6, 6.07) is 5.21. The molecule has 0 atom stereocenters. The van der Waals surface area contributed by atoms with Gasteiger partial charge in [0.05, 0.1) is 6.54 Å². The first-order chi connectivity index (χ1) is 11.6. The lowest BCUT2D eigenvalue weighted by molar-refractivity contribution is 0.616. The van der Waals surface area contributed by atoms with E-state index in [1.807, 2.05) is 17.6 Å². The van der Waals surface area contributed by atoms with Crippen molar-refractivity contribution < 1.29 is 4.39 Å². The number of hydrogen-bond donors (Lipinski definition) is 2. The van der Waals surface area contributed by atoms with Crippen molar-refractivity contribution in [2.24, 2.45) is 4.99 Å². The fourth-order valence-electron chi connectivity index (χ4n) is 2.28. The van der Waals surface area contributed by atoms with E-state index in [9.17, 15) is 4.39 Å². The highest BCUT2D eigenvalue weighted by Gasteiger charge is 2.03. The molecule has 0 aliphatic heterocycles. The van der Waals surface area contributed by atoms with Crippen molar-refractivity contribution in [3.63, 3.8) is 0 Å². The molecule has 6 nitrogen and oxygen atoms in total. The molecule has 7 heteroatoms. The summed E-state index contributed by atoms with van der Waals surface area (Å²) in [6.07, 6.45) is 2.59. The second kappa shape index (κ2) is 9.00. The molecule has 0 fully saturated rings. The van der Waals surface area contributed by atoms with E-state index in [0.29, 0.717) is 24.6 Å². The molecule has 0 saturated heterocycles. The second-order valence-electron chi connectivity index (χ2n) is 5.50. The summed E-state index contributed by atoms with van der Waals surface area (Å²) in [5.74, 6) is 1.49. The van der Waals surface area contributed by atoms with E-state index in [-0.39, 0.29) is 5.82 Å². The molecule has 0 aliphatic carbocycles. The van der Waals surface area contributed by atoms with Gasteiger partial charge in [0.15, 0.2) is 5.96 Å². The Balaban J connectivity index is 1.91. The number of hydrogen-bond acceptors (Lipinski definition) is 3. The Morgan fingerprint density at radius 3 is 2.83 bits per heavy atom. The molecule has 2 rings (SSSR count). The minimum atomic E-state index is -0.194. The third kappa shape index (κ3) is 5.04. The van der Waals surface area contributed by atoms with Crippen molar-refractivity contribution in [2.45, 2.75) is 40.3 Å². The van der Waals surface area contributed by atoms with Crippen LogP contribution in [0.4, 0.5) is 4.39 Å². The smallest absolute Gasteiger partial charge is 0.191 e. The quantitative estimate of drug-likeness (QED) is 0.601. The van der Waals surface area contributed by atoms with Crippen molar-refractivity contribution in [3.05, 3.63) is 47.3 Å². The molecule has 130 valence electrons. The van der Waals surface area contributed by atoms with Gasteiger partial charge in [0.2, 0.25) is 0 Å². The van der Waals surface area contributed by atoms with Crippen LogP contribution in [0.15, 0.2) is 29.5 Å². The lowest BCUT2D eigenvalue weighted by atomic mass is 10.1. The fraction of sp³-hybridized carbons (Fsp3) is 0.471. The molecule has 1 aromatic heterocycles. The second-order valence-corrected chi connectivity index (χ2v) is 5.50. The Hall–Kier alpha value is -2.44. The molecule has 0 spiro atoms. The van der Waals surface area contributed by atoms with Crippen molar-refractivity contribution in [1.29, 1.82) is 0 Å². The number of aryl methyl sites for hydroxylation is 2. The maximum Gasteiger partial charge on any atom is 0.191 e. The van der Waals surface area contributed by atoms with Crippen LogP contribution < -0.4 is 10.6 Å². The van der Waals surface area contributed by atoms with Crippen LogP contribution in [0.25, 0.3) is 0 Å². The van der Waals surface area contributed by atoms with Crippen LogP contribution in [-0.4, -0.2) is 33.8 Å². The highest BCUT2D eigenvalue weighted by molar-refractivity contribution is 5.79. The molecule has 0 amide bonds. The standard InChI is InChI=1S/C17H25FN6/c1-4-16-23-22-12-24(16)9-8-20-17(19-5-2)21-11-14-7-6-13(3)15(18)10-14/h6-7,10,12H,4-5,8-9,11H2,1-3H3,(H2,19,20,21). The van der Waals surface area contributed by atoms with E-state index in [1.54, 1.807) is 19.3 Å². The molecule has 0 saturated carbocycles. The zero-order valence-electron chi connectivity index (χ0n) is 14.5. The maximum absolute atomic E-state index is 13.6. The van der Waals surface area contributed by atoms with Crippen molar-refractivity contribution in [1.82, 2.24) is 25.4 Å². The average molecular weight is 332 g/mol. The third-order valence-electron chi connectivity index (χ3n) is 3.66. The van der Waals surface area contributed by atoms with Gasteiger partial charge in [-0.05, 0) is 31.0 Å². The van der Waals surface area contributed by atoms with E-state index >= 15 is 0 Å². The summed E-state index contributed by atoms with van der Waals surface area (Å²) in [7, 11) is 0. The molecular formula is C17H25FN6. The van der Waals surface area contributed by atoms with Gasteiger partial charge in [-0.2, -0.15) is 0 Å². The van der Waals surface area contributed by atoms with Crippen molar-refractivity contribution >= 4 is 5.96 Å². The number of halogens is 1. The normalized spacial score (nSPS) is 11.6. The van der Waals surface area contributed by atoms with Gasteiger partial charge in [0, 0.05) is 26.1 Å². The Kier molecular flexibility index (Phi) is 6.72. The lowest BCUT2D eigenvalue weighted by Gasteiger charge is -2.12. The summed E-state index contributed by atoms with van der Waals surface area (Å²) >= 11 is 0. The molecule has 1 aromatic carbocycles. The number of rotatable bonds is 7. The number of nitrogens with zero attached hydrogens (tertiary/aromatic N) is 4. The van der Waals surface area contributed by atoms with Gasteiger partial charge >= 0.3 is 0 Å².